The van der Waals surface area contributed by atoms with Gasteiger partial charge in [0.25, 0.3) is 0 Å². The summed E-state index contributed by atoms with van der Waals surface area (Å²) in [6, 6.07) is 14.4. The predicted octanol–water partition coefficient (Wildman–Crippen LogP) is 1.90. The molecule has 200 valence electrons. The first-order chi connectivity index (χ1) is 18.1. The Hall–Kier alpha value is -3.65. The van der Waals surface area contributed by atoms with Gasteiger partial charge in [-0.05, 0) is 35.6 Å². The number of amides is 1. The number of rotatable bonds is 8. The lowest BCUT2D eigenvalue weighted by atomic mass is 9.80. The van der Waals surface area contributed by atoms with Crippen molar-refractivity contribution in [3.63, 3.8) is 0 Å². The van der Waals surface area contributed by atoms with Gasteiger partial charge in [0.15, 0.2) is 0 Å². The van der Waals surface area contributed by atoms with Crippen molar-refractivity contribution >= 4 is 28.7 Å². The van der Waals surface area contributed by atoms with Gasteiger partial charge >= 0.3 is 5.97 Å². The topological polar surface area (TPSA) is 111 Å². The minimum Gasteiger partial charge on any atom is -0.550 e. The van der Waals surface area contributed by atoms with Gasteiger partial charge in [-0.3, -0.25) is 4.79 Å². The molecule has 2 heterocycles. The molecule has 2 aliphatic rings. The summed E-state index contributed by atoms with van der Waals surface area (Å²) >= 11 is 0. The van der Waals surface area contributed by atoms with E-state index in [-0.39, 0.29) is 25.4 Å². The number of ether oxygens (including phenoxy) is 1. The fraction of sp³-hybridized carbons (Fsp3) is 0.433. The number of nitrogens with zero attached hydrogens (tertiary/aromatic N) is 1. The Balaban J connectivity index is 1.39. The number of benzene rings is 2. The van der Waals surface area contributed by atoms with Gasteiger partial charge < -0.3 is 29.4 Å². The summed E-state index contributed by atoms with van der Waals surface area (Å²) in [5.74, 6) is -2.23. The number of likely N-dealkylation sites (tertiary alicyclic amines) is 1. The number of nitrogens with one attached hydrogen (secondary N) is 2. The van der Waals surface area contributed by atoms with E-state index in [4.69, 9.17) is 4.74 Å². The third-order valence-corrected chi connectivity index (χ3v) is 8.22. The molecule has 38 heavy (non-hydrogen) atoms. The number of fused-ring (bicyclic) bond motifs is 2. The highest BCUT2D eigenvalue weighted by molar-refractivity contribution is 5.92. The van der Waals surface area contributed by atoms with Gasteiger partial charge in [-0.15, -0.1) is 0 Å². The van der Waals surface area contributed by atoms with Crippen molar-refractivity contribution < 1.29 is 28.7 Å². The number of carbonyl (C=O) groups excluding carboxylic acids is 3. The maximum absolute atomic E-state index is 13.8. The summed E-state index contributed by atoms with van der Waals surface area (Å²) in [4.78, 5) is 42.4. The van der Waals surface area contributed by atoms with Crippen LogP contribution in [0.3, 0.4) is 0 Å². The van der Waals surface area contributed by atoms with E-state index in [0.717, 1.165) is 58.0 Å². The average molecular weight is 518 g/mol. The van der Waals surface area contributed by atoms with E-state index < -0.39 is 35.7 Å². The number of aliphatic carboxylic acids is 1. The molecule has 2 aromatic carbocycles. The van der Waals surface area contributed by atoms with Gasteiger partial charge in [-0.25, -0.2) is 4.79 Å². The van der Waals surface area contributed by atoms with Crippen LogP contribution < -0.4 is 10.4 Å². The molecule has 2 N–H and O–H groups in total. The number of carboxylic acids is 1. The maximum atomic E-state index is 13.8. The first-order valence-corrected chi connectivity index (χ1v) is 13.3. The molecule has 8 heteroatoms. The van der Waals surface area contributed by atoms with Crippen LogP contribution >= 0.6 is 0 Å². The summed E-state index contributed by atoms with van der Waals surface area (Å²) in [6.45, 7) is 1.81. The summed E-state index contributed by atoms with van der Waals surface area (Å²) in [5.41, 5.74) is 2.50. The Labute approximate surface area is 222 Å². The molecule has 1 amide bonds. The quantitative estimate of drug-likeness (QED) is 0.350. The smallest absolute Gasteiger partial charge is 0.329 e. The number of aromatic nitrogens is 1. The van der Waals surface area contributed by atoms with Crippen LogP contribution in [-0.2, 0) is 38.4 Å². The molecule has 0 spiro atoms. The molecule has 0 unspecified atom stereocenters. The lowest BCUT2D eigenvalue weighted by Gasteiger charge is -2.37. The van der Waals surface area contributed by atoms with E-state index >= 15 is 0 Å². The summed E-state index contributed by atoms with van der Waals surface area (Å²) in [6.07, 6.45) is 3.55. The van der Waals surface area contributed by atoms with Gasteiger partial charge in [-0.2, -0.15) is 0 Å². The van der Waals surface area contributed by atoms with Crippen molar-refractivity contribution in [2.75, 3.05) is 27.2 Å². The lowest BCUT2D eigenvalue weighted by Crippen LogP contribution is -2.53. The largest absolute Gasteiger partial charge is 0.550 e. The van der Waals surface area contributed by atoms with Crippen molar-refractivity contribution in [3.8, 4) is 0 Å². The van der Waals surface area contributed by atoms with Gasteiger partial charge in [0.05, 0.1) is 32.6 Å². The first kappa shape index (κ1) is 26.0. The third kappa shape index (κ3) is 5.45. The molecule has 0 bridgehead atoms. The predicted molar refractivity (Wildman–Crippen MR) is 141 cm³/mol. The molecule has 0 saturated carbocycles. The van der Waals surface area contributed by atoms with E-state index in [0.29, 0.717) is 0 Å². The highest BCUT2D eigenvalue weighted by Crippen LogP contribution is 2.40. The van der Waals surface area contributed by atoms with Crippen molar-refractivity contribution in [1.82, 2.24) is 10.3 Å². The Bertz CT molecular complexity index is 1330. The van der Waals surface area contributed by atoms with Crippen LogP contribution in [-0.4, -0.2) is 66.6 Å². The van der Waals surface area contributed by atoms with E-state index in [2.05, 4.69) is 24.4 Å². The highest BCUT2D eigenvalue weighted by atomic mass is 16.5. The van der Waals surface area contributed by atoms with E-state index in [1.165, 1.54) is 0 Å². The number of hydrogen-bond acceptors (Lipinski definition) is 5. The van der Waals surface area contributed by atoms with Crippen molar-refractivity contribution in [3.05, 3.63) is 71.4 Å². The van der Waals surface area contributed by atoms with Crippen molar-refractivity contribution in [1.29, 1.82) is 0 Å². The number of aromatic amines is 1. The van der Waals surface area contributed by atoms with E-state index in [1.54, 1.807) is 0 Å². The zero-order valence-electron chi connectivity index (χ0n) is 22.0. The minimum absolute atomic E-state index is 0.205. The number of piperidine rings is 1. The van der Waals surface area contributed by atoms with Crippen LogP contribution in [0.4, 0.5) is 0 Å². The fourth-order valence-electron chi connectivity index (χ4n) is 5.97. The van der Waals surface area contributed by atoms with Crippen LogP contribution in [0, 0.1) is 5.41 Å². The first-order valence-electron chi connectivity index (χ1n) is 13.3. The Morgan fingerprint density at radius 2 is 1.68 bits per heavy atom. The zero-order valence-corrected chi connectivity index (χ0v) is 22.0. The van der Waals surface area contributed by atoms with Crippen LogP contribution in [0.25, 0.3) is 10.9 Å². The normalized spacial score (nSPS) is 19.0. The number of H-pyrrole nitrogens is 1. The second-order valence-corrected chi connectivity index (χ2v) is 11.6. The molecular formula is C30H35N3O5. The van der Waals surface area contributed by atoms with Crippen LogP contribution in [0.1, 0.15) is 36.0 Å². The lowest BCUT2D eigenvalue weighted by molar-refractivity contribution is -0.896. The van der Waals surface area contributed by atoms with Gasteiger partial charge in [0.1, 0.15) is 12.1 Å². The SMILES string of the molecule is C[N+]1(C)CCC(OC(=O)[C@H](Cc2c[nH]c3ccccc23)NC(=O)C2(CC(=O)[O-])Cc3ccccc3C2)CC1. The zero-order chi connectivity index (χ0) is 26.9. The third-order valence-electron chi connectivity index (χ3n) is 8.22. The molecule has 3 aromatic rings. The maximum Gasteiger partial charge on any atom is 0.329 e. The van der Waals surface area contributed by atoms with Crippen molar-refractivity contribution in [2.45, 2.75) is 50.7 Å². The molecule has 0 radical (unpaired) electrons. The molecule has 5 rings (SSSR count). The molecule has 8 nitrogen and oxygen atoms in total. The number of carbonyl (C=O) groups is 3. The van der Waals surface area contributed by atoms with E-state index in [9.17, 15) is 19.5 Å². The number of carboxylic acid groups (broad SMARTS) is 1. The van der Waals surface area contributed by atoms with Gasteiger partial charge in [0, 0.05) is 48.8 Å². The number of hydrogen-bond donors (Lipinski definition) is 2. The Morgan fingerprint density at radius 3 is 2.34 bits per heavy atom. The molecule has 1 aromatic heterocycles. The molecule has 1 aliphatic heterocycles. The fourth-order valence-corrected chi connectivity index (χ4v) is 5.97. The standard InChI is InChI=1S/C30H35N3O5/c1-33(2)13-11-23(12-14-33)38-28(36)26(15-22-19-31-25-10-6-5-9-24(22)25)32-29(37)30(18-27(34)35)16-20-7-3-4-8-21(20)17-30/h3-10,19,23,26,31H,11-18H2,1-2H3,(H-,32,34,35,37)/t26-/m0/s1. The molecule has 1 aliphatic carbocycles. The summed E-state index contributed by atoms with van der Waals surface area (Å²) in [7, 11) is 4.32. The average Bonchev–Trinajstić information content (AvgIpc) is 3.46. The minimum atomic E-state index is -1.29. The van der Waals surface area contributed by atoms with Crippen LogP contribution in [0.15, 0.2) is 54.7 Å². The number of quaternary nitrogens is 1. The summed E-state index contributed by atoms with van der Waals surface area (Å²) < 4.78 is 6.83. The number of esters is 1. The molecule has 1 saturated heterocycles. The van der Waals surface area contributed by atoms with Gasteiger partial charge in [-0.1, -0.05) is 42.5 Å². The van der Waals surface area contributed by atoms with E-state index in [1.807, 2.05) is 54.7 Å². The number of para-hydroxylation sites is 1. The van der Waals surface area contributed by atoms with Crippen molar-refractivity contribution in [2.24, 2.45) is 5.41 Å². The highest BCUT2D eigenvalue weighted by Gasteiger charge is 2.45. The molecular weight excluding hydrogens is 482 g/mol. The molecule has 1 atom stereocenters. The van der Waals surface area contributed by atoms with Gasteiger partial charge in [0.2, 0.25) is 5.91 Å². The van der Waals surface area contributed by atoms with Crippen LogP contribution in [0.2, 0.25) is 0 Å². The monoisotopic (exact) mass is 517 g/mol. The Morgan fingerprint density at radius 1 is 1.05 bits per heavy atom. The summed E-state index contributed by atoms with van der Waals surface area (Å²) in [5, 5.41) is 15.7. The Kier molecular flexibility index (Phi) is 7.01. The van der Waals surface area contributed by atoms with Crippen LogP contribution in [0.5, 0.6) is 0 Å². The second-order valence-electron chi connectivity index (χ2n) is 11.6. The second kappa shape index (κ2) is 10.3. The molecule has 1 fully saturated rings.